The monoisotopic (exact) mass is 317 g/mol. The summed E-state index contributed by atoms with van der Waals surface area (Å²) in [5.41, 5.74) is 2.13. The molecule has 5 heteroatoms. The van der Waals surface area contributed by atoms with Crippen LogP contribution in [0.2, 0.25) is 0 Å². The van der Waals surface area contributed by atoms with E-state index in [1.165, 1.54) is 30.2 Å². The van der Waals surface area contributed by atoms with Crippen LogP contribution in [0.1, 0.15) is 27.9 Å². The number of benzene rings is 2. The molecule has 0 spiro atoms. The minimum absolute atomic E-state index is 0.0717. The van der Waals surface area contributed by atoms with Crippen molar-refractivity contribution in [2.45, 2.75) is 19.8 Å². The highest BCUT2D eigenvalue weighted by atomic mass is 19.1. The van der Waals surface area contributed by atoms with Crippen LogP contribution in [0.4, 0.5) is 14.5 Å². The van der Waals surface area contributed by atoms with Crippen LogP contribution in [-0.2, 0) is 6.42 Å². The fourth-order valence-electron chi connectivity index (χ4n) is 3.00. The normalized spacial score (nSPS) is 13.7. The van der Waals surface area contributed by atoms with Gasteiger partial charge in [-0.15, -0.1) is 0 Å². The van der Waals surface area contributed by atoms with Gasteiger partial charge in [0.2, 0.25) is 0 Å². The Hall–Kier alpha value is -2.43. The van der Waals surface area contributed by atoms with Gasteiger partial charge in [0.25, 0.3) is 5.91 Å². The SMILES string of the molecule is COc1ccc(C(=O)N2CCCc3cc(C)cc(F)c32)cc1F. The third kappa shape index (κ3) is 2.79. The molecule has 0 saturated heterocycles. The van der Waals surface area contributed by atoms with E-state index in [-0.39, 0.29) is 11.3 Å². The summed E-state index contributed by atoms with van der Waals surface area (Å²) < 4.78 is 33.1. The standard InChI is InChI=1S/C18H17F2NO2/c1-11-8-12-4-3-7-21(17(12)15(20)9-11)18(22)13-5-6-16(23-2)14(19)10-13/h5-6,8-10H,3-4,7H2,1-2H3. The summed E-state index contributed by atoms with van der Waals surface area (Å²) in [6.07, 6.45) is 1.48. The van der Waals surface area contributed by atoms with E-state index < -0.39 is 17.5 Å². The summed E-state index contributed by atoms with van der Waals surface area (Å²) in [4.78, 5) is 14.1. The zero-order valence-electron chi connectivity index (χ0n) is 13.0. The topological polar surface area (TPSA) is 29.5 Å². The van der Waals surface area contributed by atoms with Crippen molar-refractivity contribution < 1.29 is 18.3 Å². The van der Waals surface area contributed by atoms with E-state index in [2.05, 4.69) is 0 Å². The average molecular weight is 317 g/mol. The van der Waals surface area contributed by atoms with Crippen LogP contribution in [0.5, 0.6) is 5.75 Å². The van der Waals surface area contributed by atoms with Crippen molar-refractivity contribution in [2.24, 2.45) is 0 Å². The van der Waals surface area contributed by atoms with Crippen LogP contribution >= 0.6 is 0 Å². The zero-order valence-corrected chi connectivity index (χ0v) is 13.0. The number of aryl methyl sites for hydroxylation is 2. The maximum atomic E-state index is 14.4. The van der Waals surface area contributed by atoms with Crippen LogP contribution in [0, 0.1) is 18.6 Å². The highest BCUT2D eigenvalue weighted by Crippen LogP contribution is 2.32. The number of halogens is 2. The number of methoxy groups -OCH3 is 1. The van der Waals surface area contributed by atoms with Gasteiger partial charge >= 0.3 is 0 Å². The maximum Gasteiger partial charge on any atom is 0.258 e. The highest BCUT2D eigenvalue weighted by molar-refractivity contribution is 6.07. The van der Waals surface area contributed by atoms with Gasteiger partial charge in [-0.05, 0) is 55.2 Å². The lowest BCUT2D eigenvalue weighted by molar-refractivity contribution is 0.0983. The van der Waals surface area contributed by atoms with Gasteiger partial charge in [0.15, 0.2) is 11.6 Å². The largest absolute Gasteiger partial charge is 0.494 e. The second-order valence-electron chi connectivity index (χ2n) is 5.66. The minimum Gasteiger partial charge on any atom is -0.494 e. The lowest BCUT2D eigenvalue weighted by Gasteiger charge is -2.30. The van der Waals surface area contributed by atoms with Gasteiger partial charge in [-0.3, -0.25) is 4.79 Å². The number of ether oxygens (including phenoxy) is 1. The Morgan fingerprint density at radius 3 is 2.65 bits per heavy atom. The van der Waals surface area contributed by atoms with E-state index in [4.69, 9.17) is 4.74 Å². The molecular formula is C18H17F2NO2. The van der Waals surface area contributed by atoms with E-state index >= 15 is 0 Å². The first-order valence-corrected chi connectivity index (χ1v) is 7.45. The predicted octanol–water partition coefficient (Wildman–Crippen LogP) is 3.87. The zero-order chi connectivity index (χ0) is 16.6. The van der Waals surface area contributed by atoms with Gasteiger partial charge in [0, 0.05) is 12.1 Å². The summed E-state index contributed by atoms with van der Waals surface area (Å²) in [5.74, 6) is -1.36. The lowest BCUT2D eigenvalue weighted by atomic mass is 9.98. The van der Waals surface area contributed by atoms with Crippen molar-refractivity contribution in [3.05, 3.63) is 58.7 Å². The van der Waals surface area contributed by atoms with E-state index in [1.807, 2.05) is 13.0 Å². The smallest absolute Gasteiger partial charge is 0.258 e. The molecule has 1 heterocycles. The van der Waals surface area contributed by atoms with E-state index in [0.29, 0.717) is 12.2 Å². The summed E-state index contributed by atoms with van der Waals surface area (Å²) in [6, 6.07) is 7.33. The first-order valence-electron chi connectivity index (χ1n) is 7.45. The van der Waals surface area contributed by atoms with Gasteiger partial charge < -0.3 is 9.64 Å². The van der Waals surface area contributed by atoms with Gasteiger partial charge in [0.1, 0.15) is 5.82 Å². The van der Waals surface area contributed by atoms with Crippen LogP contribution in [-0.4, -0.2) is 19.6 Å². The molecule has 0 saturated carbocycles. The van der Waals surface area contributed by atoms with Crippen molar-refractivity contribution in [1.82, 2.24) is 0 Å². The third-order valence-corrected chi connectivity index (χ3v) is 4.03. The molecule has 1 aliphatic rings. The fourth-order valence-corrected chi connectivity index (χ4v) is 3.00. The van der Waals surface area contributed by atoms with Crippen LogP contribution in [0.15, 0.2) is 30.3 Å². The molecule has 3 rings (SSSR count). The number of hydrogen-bond acceptors (Lipinski definition) is 2. The number of hydrogen-bond donors (Lipinski definition) is 0. The van der Waals surface area contributed by atoms with Gasteiger partial charge in [-0.2, -0.15) is 0 Å². The van der Waals surface area contributed by atoms with E-state index in [0.717, 1.165) is 30.0 Å². The third-order valence-electron chi connectivity index (χ3n) is 4.03. The number of fused-ring (bicyclic) bond motifs is 1. The van der Waals surface area contributed by atoms with Gasteiger partial charge in [-0.1, -0.05) is 6.07 Å². The lowest BCUT2D eigenvalue weighted by Crippen LogP contribution is -2.36. The average Bonchev–Trinajstić information content (AvgIpc) is 2.53. The molecule has 1 amide bonds. The molecule has 0 bridgehead atoms. The molecule has 23 heavy (non-hydrogen) atoms. The molecule has 1 aliphatic heterocycles. The Bertz CT molecular complexity index is 774. The van der Waals surface area contributed by atoms with Crippen molar-refractivity contribution in [2.75, 3.05) is 18.6 Å². The number of rotatable bonds is 2. The van der Waals surface area contributed by atoms with Crippen LogP contribution in [0.3, 0.4) is 0 Å². The molecule has 0 unspecified atom stereocenters. The Morgan fingerprint density at radius 2 is 1.96 bits per heavy atom. The summed E-state index contributed by atoms with van der Waals surface area (Å²) >= 11 is 0. The molecule has 0 aromatic heterocycles. The molecule has 0 atom stereocenters. The highest BCUT2D eigenvalue weighted by Gasteiger charge is 2.27. The van der Waals surface area contributed by atoms with Gasteiger partial charge in [-0.25, -0.2) is 8.78 Å². The van der Waals surface area contributed by atoms with Crippen molar-refractivity contribution in [1.29, 1.82) is 0 Å². The van der Waals surface area contributed by atoms with Crippen molar-refractivity contribution in [3.8, 4) is 5.75 Å². The number of carbonyl (C=O) groups excluding carboxylic acids is 1. The Morgan fingerprint density at radius 1 is 1.17 bits per heavy atom. The Balaban J connectivity index is 2.01. The predicted molar refractivity (Wildman–Crippen MR) is 84.1 cm³/mol. The molecule has 2 aromatic rings. The number of amides is 1. The van der Waals surface area contributed by atoms with E-state index in [1.54, 1.807) is 0 Å². The maximum absolute atomic E-state index is 14.4. The quantitative estimate of drug-likeness (QED) is 0.841. The second-order valence-corrected chi connectivity index (χ2v) is 5.66. The Labute approximate surface area is 133 Å². The molecule has 120 valence electrons. The van der Waals surface area contributed by atoms with Crippen LogP contribution in [0.25, 0.3) is 0 Å². The summed E-state index contributed by atoms with van der Waals surface area (Å²) in [6.45, 7) is 2.24. The number of anilines is 1. The summed E-state index contributed by atoms with van der Waals surface area (Å²) in [7, 11) is 1.36. The molecule has 3 nitrogen and oxygen atoms in total. The molecule has 2 aromatic carbocycles. The minimum atomic E-state index is -0.611. The van der Waals surface area contributed by atoms with Gasteiger partial charge in [0.05, 0.1) is 12.8 Å². The molecule has 0 fully saturated rings. The fraction of sp³-hybridized carbons (Fsp3) is 0.278. The Kier molecular flexibility index (Phi) is 4.03. The van der Waals surface area contributed by atoms with Crippen LogP contribution < -0.4 is 9.64 Å². The first kappa shape index (κ1) is 15.5. The van der Waals surface area contributed by atoms with E-state index in [9.17, 15) is 13.6 Å². The number of carbonyl (C=O) groups is 1. The molecule has 0 N–H and O–H groups in total. The first-order chi connectivity index (χ1) is 11.0. The number of nitrogens with zero attached hydrogens (tertiary/aromatic N) is 1. The molecule has 0 aliphatic carbocycles. The molecule has 0 radical (unpaired) electrons. The second kappa shape index (κ2) is 5.99. The van der Waals surface area contributed by atoms with Crippen molar-refractivity contribution in [3.63, 3.8) is 0 Å². The summed E-state index contributed by atoms with van der Waals surface area (Å²) in [5, 5.41) is 0. The van der Waals surface area contributed by atoms with Crippen molar-refractivity contribution >= 4 is 11.6 Å². The molecular weight excluding hydrogens is 300 g/mol.